The molecule has 0 radical (unpaired) electrons. The van der Waals surface area contributed by atoms with E-state index in [2.05, 4.69) is 21.0 Å². The Hall–Kier alpha value is -0.840. The predicted molar refractivity (Wildman–Crippen MR) is 66.9 cm³/mol. The molecule has 5 heteroatoms. The van der Waals surface area contributed by atoms with Crippen LogP contribution in [0.1, 0.15) is 18.6 Å². The van der Waals surface area contributed by atoms with Crippen LogP contribution >= 0.6 is 27.5 Å². The molecule has 0 aliphatic heterocycles. The highest BCUT2D eigenvalue weighted by atomic mass is 79.9. The zero-order valence-electron chi connectivity index (χ0n) is 8.56. The molecular weight excluding hydrogens is 291 g/mol. The van der Waals surface area contributed by atoms with Gasteiger partial charge in [0.15, 0.2) is 0 Å². The molecule has 0 fully saturated rings. The van der Waals surface area contributed by atoms with Crippen molar-refractivity contribution in [1.29, 1.82) is 0 Å². The Morgan fingerprint density at radius 2 is 2.25 bits per heavy atom. The Balaban J connectivity index is 2.44. The van der Waals surface area contributed by atoms with Crippen molar-refractivity contribution in [2.24, 2.45) is 0 Å². The van der Waals surface area contributed by atoms with E-state index >= 15 is 0 Å². The highest BCUT2D eigenvalue weighted by molar-refractivity contribution is 9.10. The highest BCUT2D eigenvalue weighted by Gasteiger charge is 2.07. The lowest BCUT2D eigenvalue weighted by atomic mass is 10.1. The van der Waals surface area contributed by atoms with Gasteiger partial charge in [-0.25, -0.2) is 4.68 Å². The second kappa shape index (κ2) is 4.57. The van der Waals surface area contributed by atoms with Crippen LogP contribution in [0.15, 0.2) is 35.1 Å². The molecule has 0 spiro atoms. The molecule has 1 heterocycles. The number of nitrogens with zero attached hydrogens (tertiary/aromatic N) is 2. The number of benzene rings is 1. The maximum absolute atomic E-state index is 9.45. The lowest BCUT2D eigenvalue weighted by Gasteiger charge is -2.09. The minimum absolute atomic E-state index is 0.480. The fourth-order valence-electron chi connectivity index (χ4n) is 1.40. The van der Waals surface area contributed by atoms with E-state index in [-0.39, 0.29) is 0 Å². The van der Waals surface area contributed by atoms with Crippen molar-refractivity contribution < 1.29 is 5.11 Å². The van der Waals surface area contributed by atoms with E-state index in [0.29, 0.717) is 5.02 Å². The van der Waals surface area contributed by atoms with Gasteiger partial charge in [-0.05, 0) is 40.5 Å². The van der Waals surface area contributed by atoms with Gasteiger partial charge in [-0.3, -0.25) is 0 Å². The molecule has 0 amide bonds. The van der Waals surface area contributed by atoms with Crippen LogP contribution in [0.5, 0.6) is 0 Å². The minimum atomic E-state index is -0.480. The number of aliphatic hydroxyl groups is 1. The molecule has 84 valence electrons. The number of halogens is 2. The van der Waals surface area contributed by atoms with Gasteiger partial charge >= 0.3 is 0 Å². The zero-order chi connectivity index (χ0) is 11.7. The van der Waals surface area contributed by atoms with Crippen LogP contribution in [0.2, 0.25) is 5.02 Å². The third-order valence-corrected chi connectivity index (χ3v) is 3.08. The lowest BCUT2D eigenvalue weighted by Crippen LogP contribution is -1.98. The average molecular weight is 302 g/mol. The van der Waals surface area contributed by atoms with Crippen molar-refractivity contribution in [3.63, 3.8) is 0 Å². The van der Waals surface area contributed by atoms with Crippen molar-refractivity contribution in [3.05, 3.63) is 45.7 Å². The largest absolute Gasteiger partial charge is 0.389 e. The van der Waals surface area contributed by atoms with E-state index in [1.165, 1.54) is 0 Å². The predicted octanol–water partition coefficient (Wildman–Crippen LogP) is 3.34. The van der Waals surface area contributed by atoms with Gasteiger partial charge in [-0.15, -0.1) is 0 Å². The molecule has 1 aromatic heterocycles. The Kier molecular flexibility index (Phi) is 3.33. The van der Waals surface area contributed by atoms with Gasteiger partial charge in [0.1, 0.15) is 0 Å². The summed E-state index contributed by atoms with van der Waals surface area (Å²) in [5.41, 5.74) is 1.74. The fraction of sp³-hybridized carbons (Fsp3) is 0.182. The summed E-state index contributed by atoms with van der Waals surface area (Å²) in [6.07, 6.45) is 2.83. The van der Waals surface area contributed by atoms with Crippen molar-refractivity contribution >= 4 is 27.5 Å². The Morgan fingerprint density at radius 3 is 2.75 bits per heavy atom. The zero-order valence-corrected chi connectivity index (χ0v) is 10.9. The third kappa shape index (κ3) is 2.29. The van der Waals surface area contributed by atoms with Crippen LogP contribution < -0.4 is 0 Å². The molecule has 1 aromatic carbocycles. The smallest absolute Gasteiger partial charge is 0.0790 e. The normalized spacial score (nSPS) is 12.8. The second-order valence-corrected chi connectivity index (χ2v) is 4.78. The number of hydrogen-bond acceptors (Lipinski definition) is 2. The van der Waals surface area contributed by atoms with Gasteiger partial charge in [-0.2, -0.15) is 5.10 Å². The Morgan fingerprint density at radius 1 is 1.50 bits per heavy atom. The molecule has 0 aliphatic carbocycles. The summed E-state index contributed by atoms with van der Waals surface area (Å²) in [5, 5.41) is 14.2. The Labute approximate surface area is 107 Å². The summed E-state index contributed by atoms with van der Waals surface area (Å²) >= 11 is 9.25. The van der Waals surface area contributed by atoms with E-state index in [1.807, 2.05) is 18.2 Å². The van der Waals surface area contributed by atoms with Crippen LogP contribution in [0.25, 0.3) is 5.69 Å². The molecule has 0 bridgehead atoms. The quantitative estimate of drug-likeness (QED) is 0.924. The fourth-order valence-corrected chi connectivity index (χ4v) is 2.12. The van der Waals surface area contributed by atoms with Crippen LogP contribution in [0, 0.1) is 0 Å². The maximum atomic E-state index is 9.45. The first-order valence-corrected chi connectivity index (χ1v) is 5.93. The van der Waals surface area contributed by atoms with E-state index in [0.717, 1.165) is 15.7 Å². The van der Waals surface area contributed by atoms with Crippen LogP contribution in [-0.2, 0) is 0 Å². The van der Waals surface area contributed by atoms with Crippen molar-refractivity contribution in [2.75, 3.05) is 0 Å². The average Bonchev–Trinajstić information content (AvgIpc) is 2.64. The van der Waals surface area contributed by atoms with Gasteiger partial charge in [0.05, 0.1) is 23.0 Å². The lowest BCUT2D eigenvalue weighted by molar-refractivity contribution is 0.199. The standard InChI is InChI=1S/C11H10BrClN2O/c1-7(16)8-2-3-11(10(12)4-8)15-6-9(13)5-14-15/h2-7,16H,1H3. The summed E-state index contributed by atoms with van der Waals surface area (Å²) < 4.78 is 2.55. The number of hydrogen-bond donors (Lipinski definition) is 1. The first kappa shape index (κ1) is 11.6. The SMILES string of the molecule is CC(O)c1ccc(-n2cc(Cl)cn2)c(Br)c1. The second-order valence-electron chi connectivity index (χ2n) is 3.49. The summed E-state index contributed by atoms with van der Waals surface area (Å²) in [7, 11) is 0. The summed E-state index contributed by atoms with van der Waals surface area (Å²) in [4.78, 5) is 0. The molecule has 3 nitrogen and oxygen atoms in total. The number of aromatic nitrogens is 2. The van der Waals surface area contributed by atoms with E-state index in [4.69, 9.17) is 11.6 Å². The monoisotopic (exact) mass is 300 g/mol. The van der Waals surface area contributed by atoms with Crippen molar-refractivity contribution in [3.8, 4) is 5.69 Å². The van der Waals surface area contributed by atoms with Crippen LogP contribution in [0.3, 0.4) is 0 Å². The van der Waals surface area contributed by atoms with Gasteiger partial charge < -0.3 is 5.11 Å². The van der Waals surface area contributed by atoms with Crippen LogP contribution in [0.4, 0.5) is 0 Å². The number of aliphatic hydroxyl groups excluding tert-OH is 1. The van der Waals surface area contributed by atoms with Gasteiger partial charge in [0, 0.05) is 10.7 Å². The summed E-state index contributed by atoms with van der Waals surface area (Å²) in [5.74, 6) is 0. The molecule has 1 unspecified atom stereocenters. The number of rotatable bonds is 2. The van der Waals surface area contributed by atoms with E-state index in [9.17, 15) is 5.11 Å². The first-order chi connectivity index (χ1) is 7.58. The molecule has 0 saturated carbocycles. The highest BCUT2D eigenvalue weighted by Crippen LogP contribution is 2.25. The Bertz CT molecular complexity index is 510. The molecule has 0 saturated heterocycles. The molecule has 0 aliphatic rings. The van der Waals surface area contributed by atoms with Crippen LogP contribution in [-0.4, -0.2) is 14.9 Å². The molecule has 1 atom stereocenters. The molecule has 16 heavy (non-hydrogen) atoms. The van der Waals surface area contributed by atoms with Gasteiger partial charge in [0.2, 0.25) is 0 Å². The van der Waals surface area contributed by atoms with Gasteiger partial charge in [0.25, 0.3) is 0 Å². The summed E-state index contributed by atoms with van der Waals surface area (Å²) in [6, 6.07) is 5.62. The molecule has 1 N–H and O–H groups in total. The maximum Gasteiger partial charge on any atom is 0.0790 e. The van der Waals surface area contributed by atoms with Gasteiger partial charge in [-0.1, -0.05) is 17.7 Å². The third-order valence-electron chi connectivity index (χ3n) is 2.25. The molecular formula is C11H10BrClN2O. The molecule has 2 rings (SSSR count). The van der Waals surface area contributed by atoms with E-state index < -0.39 is 6.10 Å². The van der Waals surface area contributed by atoms with Crippen molar-refractivity contribution in [2.45, 2.75) is 13.0 Å². The van der Waals surface area contributed by atoms with E-state index in [1.54, 1.807) is 24.0 Å². The molecule has 2 aromatic rings. The topological polar surface area (TPSA) is 38.0 Å². The first-order valence-electron chi connectivity index (χ1n) is 4.76. The summed E-state index contributed by atoms with van der Waals surface area (Å²) in [6.45, 7) is 1.73. The minimum Gasteiger partial charge on any atom is -0.389 e. The van der Waals surface area contributed by atoms with Crippen molar-refractivity contribution in [1.82, 2.24) is 9.78 Å².